The Bertz CT molecular complexity index is 662. The molecule has 0 spiro atoms. The summed E-state index contributed by atoms with van der Waals surface area (Å²) in [6.07, 6.45) is 1.19. The van der Waals surface area contributed by atoms with Crippen LogP contribution in [0.1, 0.15) is 19.0 Å². The van der Waals surface area contributed by atoms with Gasteiger partial charge in [-0.2, -0.15) is 17.0 Å². The third kappa shape index (κ3) is 2.46. The van der Waals surface area contributed by atoms with Gasteiger partial charge in [0.1, 0.15) is 11.8 Å². The van der Waals surface area contributed by atoms with E-state index in [9.17, 15) is 5.26 Å². The summed E-state index contributed by atoms with van der Waals surface area (Å²) < 4.78 is 0. The first-order valence-electron chi connectivity index (χ1n) is 6.98. The first-order valence-corrected chi connectivity index (χ1v) is 8.03. The van der Waals surface area contributed by atoms with Crippen LogP contribution in [0.15, 0.2) is 30.3 Å². The first-order chi connectivity index (χ1) is 9.81. The van der Waals surface area contributed by atoms with E-state index in [1.54, 1.807) is 0 Å². The lowest BCUT2D eigenvalue weighted by Gasteiger charge is -2.34. The van der Waals surface area contributed by atoms with E-state index in [-0.39, 0.29) is 0 Å². The van der Waals surface area contributed by atoms with Crippen LogP contribution in [-0.2, 0) is 0 Å². The molecule has 1 fully saturated rings. The Morgan fingerprint density at radius 1 is 1.45 bits per heavy atom. The van der Waals surface area contributed by atoms with Gasteiger partial charge in [-0.05, 0) is 18.6 Å². The molecule has 1 atom stereocenters. The number of fused-ring (bicyclic) bond motifs is 1. The highest BCUT2D eigenvalue weighted by Gasteiger charge is 2.21. The molecule has 102 valence electrons. The number of pyridine rings is 1. The van der Waals surface area contributed by atoms with Crippen molar-refractivity contribution in [3.8, 4) is 6.07 Å². The fraction of sp³-hybridized carbons (Fsp3) is 0.375. The van der Waals surface area contributed by atoms with Gasteiger partial charge in [0.15, 0.2) is 0 Å². The van der Waals surface area contributed by atoms with Crippen LogP contribution < -0.4 is 4.90 Å². The van der Waals surface area contributed by atoms with Gasteiger partial charge < -0.3 is 4.90 Å². The summed E-state index contributed by atoms with van der Waals surface area (Å²) in [6, 6.07) is 12.2. The molecule has 0 aliphatic carbocycles. The molecule has 0 radical (unpaired) electrons. The SMILES string of the molecule is CCC1CN(c2cc(C#N)nc3ccccc23)CCS1. The second kappa shape index (κ2) is 5.72. The molecule has 0 saturated carbocycles. The molecule has 1 saturated heterocycles. The van der Waals surface area contributed by atoms with Crippen LogP contribution >= 0.6 is 11.8 Å². The maximum Gasteiger partial charge on any atom is 0.143 e. The quantitative estimate of drug-likeness (QED) is 0.846. The van der Waals surface area contributed by atoms with E-state index in [4.69, 9.17) is 0 Å². The molecule has 0 amide bonds. The van der Waals surface area contributed by atoms with Crippen molar-refractivity contribution in [2.24, 2.45) is 0 Å². The van der Waals surface area contributed by atoms with Crippen molar-refractivity contribution in [1.29, 1.82) is 5.26 Å². The maximum absolute atomic E-state index is 9.18. The van der Waals surface area contributed by atoms with E-state index >= 15 is 0 Å². The van der Waals surface area contributed by atoms with Gasteiger partial charge in [0.2, 0.25) is 0 Å². The summed E-state index contributed by atoms with van der Waals surface area (Å²) in [5.74, 6) is 1.15. The zero-order valence-corrected chi connectivity index (χ0v) is 12.4. The van der Waals surface area contributed by atoms with Gasteiger partial charge in [0.25, 0.3) is 0 Å². The maximum atomic E-state index is 9.18. The van der Waals surface area contributed by atoms with Gasteiger partial charge in [-0.3, -0.25) is 0 Å². The number of anilines is 1. The van der Waals surface area contributed by atoms with Crippen molar-refractivity contribution in [2.45, 2.75) is 18.6 Å². The summed E-state index contributed by atoms with van der Waals surface area (Å²) in [5.41, 5.74) is 2.57. The van der Waals surface area contributed by atoms with Crippen LogP contribution in [0, 0.1) is 11.3 Å². The highest BCUT2D eigenvalue weighted by molar-refractivity contribution is 8.00. The molecule has 20 heavy (non-hydrogen) atoms. The van der Waals surface area contributed by atoms with E-state index < -0.39 is 0 Å². The van der Waals surface area contributed by atoms with E-state index in [2.05, 4.69) is 40.7 Å². The van der Waals surface area contributed by atoms with Crippen molar-refractivity contribution in [3.05, 3.63) is 36.0 Å². The van der Waals surface area contributed by atoms with Gasteiger partial charge in [-0.15, -0.1) is 0 Å². The molecule has 3 nitrogen and oxygen atoms in total. The first kappa shape index (κ1) is 13.3. The van der Waals surface area contributed by atoms with E-state index in [1.807, 2.05) is 24.3 Å². The van der Waals surface area contributed by atoms with Crippen molar-refractivity contribution in [3.63, 3.8) is 0 Å². The molecule has 2 aromatic rings. The highest BCUT2D eigenvalue weighted by Crippen LogP contribution is 2.31. The minimum atomic E-state index is 0.505. The Balaban J connectivity index is 2.07. The smallest absolute Gasteiger partial charge is 0.143 e. The van der Waals surface area contributed by atoms with Crippen molar-refractivity contribution >= 4 is 28.4 Å². The Morgan fingerprint density at radius 3 is 3.10 bits per heavy atom. The third-order valence-electron chi connectivity index (χ3n) is 3.74. The number of thioether (sulfide) groups is 1. The van der Waals surface area contributed by atoms with Crippen LogP contribution in [0.4, 0.5) is 5.69 Å². The fourth-order valence-electron chi connectivity index (χ4n) is 2.66. The van der Waals surface area contributed by atoms with E-state index in [0.29, 0.717) is 10.9 Å². The number of aromatic nitrogens is 1. The van der Waals surface area contributed by atoms with Gasteiger partial charge in [0, 0.05) is 35.2 Å². The number of para-hydroxylation sites is 1. The fourth-order valence-corrected chi connectivity index (χ4v) is 3.84. The number of nitriles is 1. The Hall–Kier alpha value is -1.73. The monoisotopic (exact) mass is 283 g/mol. The zero-order chi connectivity index (χ0) is 13.9. The molecule has 1 aromatic heterocycles. The Labute approximate surface area is 123 Å². The van der Waals surface area contributed by atoms with Gasteiger partial charge in [-0.1, -0.05) is 25.1 Å². The lowest BCUT2D eigenvalue weighted by molar-refractivity contribution is 0.730. The minimum absolute atomic E-state index is 0.505. The predicted molar refractivity (Wildman–Crippen MR) is 85.2 cm³/mol. The molecule has 0 N–H and O–H groups in total. The van der Waals surface area contributed by atoms with Crippen molar-refractivity contribution < 1.29 is 0 Å². The number of hydrogen-bond donors (Lipinski definition) is 0. The van der Waals surface area contributed by atoms with Gasteiger partial charge in [0.05, 0.1) is 5.52 Å². The minimum Gasteiger partial charge on any atom is -0.369 e. The van der Waals surface area contributed by atoms with E-state index in [0.717, 1.165) is 35.4 Å². The Morgan fingerprint density at radius 2 is 2.30 bits per heavy atom. The van der Waals surface area contributed by atoms with Crippen LogP contribution in [-0.4, -0.2) is 29.1 Å². The Kier molecular flexibility index (Phi) is 3.79. The second-order valence-electron chi connectivity index (χ2n) is 5.00. The van der Waals surface area contributed by atoms with Crippen molar-refractivity contribution in [2.75, 3.05) is 23.7 Å². The lowest BCUT2D eigenvalue weighted by atomic mass is 10.1. The second-order valence-corrected chi connectivity index (χ2v) is 6.41. The predicted octanol–water partition coefficient (Wildman–Crippen LogP) is 3.44. The van der Waals surface area contributed by atoms with Crippen LogP contribution in [0.2, 0.25) is 0 Å². The summed E-state index contributed by atoms with van der Waals surface area (Å²) in [4.78, 5) is 6.81. The molecule has 0 bridgehead atoms. The van der Waals surface area contributed by atoms with Crippen molar-refractivity contribution in [1.82, 2.24) is 4.98 Å². The molecule has 1 aliphatic rings. The molecule has 3 rings (SSSR count). The number of rotatable bonds is 2. The zero-order valence-electron chi connectivity index (χ0n) is 11.5. The lowest BCUT2D eigenvalue weighted by Crippen LogP contribution is -2.37. The largest absolute Gasteiger partial charge is 0.369 e. The molecule has 1 aliphatic heterocycles. The number of benzene rings is 1. The summed E-state index contributed by atoms with van der Waals surface area (Å²) in [5, 5.41) is 11.0. The average Bonchev–Trinajstić information content (AvgIpc) is 2.53. The van der Waals surface area contributed by atoms with Gasteiger partial charge in [-0.25, -0.2) is 4.98 Å². The summed E-state index contributed by atoms with van der Waals surface area (Å²) in [7, 11) is 0. The number of hydrogen-bond acceptors (Lipinski definition) is 4. The molecule has 2 heterocycles. The van der Waals surface area contributed by atoms with Crippen LogP contribution in [0.3, 0.4) is 0 Å². The summed E-state index contributed by atoms with van der Waals surface area (Å²) >= 11 is 2.05. The van der Waals surface area contributed by atoms with E-state index in [1.165, 1.54) is 6.42 Å². The number of nitrogens with zero attached hydrogens (tertiary/aromatic N) is 3. The highest BCUT2D eigenvalue weighted by atomic mass is 32.2. The van der Waals surface area contributed by atoms with Gasteiger partial charge >= 0.3 is 0 Å². The summed E-state index contributed by atoms with van der Waals surface area (Å²) in [6.45, 7) is 4.34. The topological polar surface area (TPSA) is 39.9 Å². The molecular weight excluding hydrogens is 266 g/mol. The van der Waals surface area contributed by atoms with Crippen LogP contribution in [0.5, 0.6) is 0 Å². The standard InChI is InChI=1S/C16H17N3S/c1-2-13-11-19(7-8-20-13)16-9-12(10-17)18-15-6-4-3-5-14(15)16/h3-6,9,13H,2,7-8,11H2,1H3. The molecule has 4 heteroatoms. The third-order valence-corrected chi connectivity index (χ3v) is 5.12. The normalized spacial score (nSPS) is 19.0. The van der Waals surface area contributed by atoms with Crippen LogP contribution in [0.25, 0.3) is 10.9 Å². The molecule has 1 unspecified atom stereocenters. The molecular formula is C16H17N3S. The average molecular weight is 283 g/mol. The molecule has 1 aromatic carbocycles.